The average molecular weight is 110 g/mol. The number of rotatable bonds is 2. The van der Waals surface area contributed by atoms with E-state index in [4.69, 9.17) is 0 Å². The number of hydrogen-bond acceptors (Lipinski definition) is 1. The lowest BCUT2D eigenvalue weighted by Crippen LogP contribution is -2.18. The molecule has 1 heterocycles. The molecule has 0 aromatic rings. The van der Waals surface area contributed by atoms with Crippen molar-refractivity contribution in [2.45, 2.75) is 12.8 Å². The van der Waals surface area contributed by atoms with Crippen LogP contribution in [0.5, 0.6) is 0 Å². The Hall–Kier alpha value is -0.300. The van der Waals surface area contributed by atoms with E-state index in [1.54, 1.807) is 0 Å². The zero-order valence-electron chi connectivity index (χ0n) is 5.19. The SMILES string of the molecule is C=[C]CN1CCCC1. The van der Waals surface area contributed by atoms with Gasteiger partial charge in [-0.1, -0.05) is 6.58 Å². The van der Waals surface area contributed by atoms with Crippen molar-refractivity contribution in [3.05, 3.63) is 12.7 Å². The predicted octanol–water partition coefficient (Wildman–Crippen LogP) is 1.07. The van der Waals surface area contributed by atoms with E-state index in [9.17, 15) is 0 Å². The van der Waals surface area contributed by atoms with Crippen molar-refractivity contribution in [3.8, 4) is 0 Å². The second kappa shape index (κ2) is 2.88. The Morgan fingerprint density at radius 3 is 2.50 bits per heavy atom. The average Bonchev–Trinajstić information content (AvgIpc) is 2.19. The van der Waals surface area contributed by atoms with Gasteiger partial charge < -0.3 is 0 Å². The lowest BCUT2D eigenvalue weighted by Gasteiger charge is -2.08. The van der Waals surface area contributed by atoms with Crippen LogP contribution in [0.25, 0.3) is 0 Å². The third-order valence-corrected chi connectivity index (χ3v) is 1.53. The van der Waals surface area contributed by atoms with Crippen LogP contribution < -0.4 is 0 Å². The van der Waals surface area contributed by atoms with Crippen molar-refractivity contribution in [1.29, 1.82) is 0 Å². The van der Waals surface area contributed by atoms with E-state index in [0.29, 0.717) is 0 Å². The molecule has 0 spiro atoms. The summed E-state index contributed by atoms with van der Waals surface area (Å²) in [6.45, 7) is 7.02. The Labute approximate surface area is 51.0 Å². The molecule has 0 atom stereocenters. The van der Waals surface area contributed by atoms with E-state index in [1.807, 2.05) is 0 Å². The van der Waals surface area contributed by atoms with Gasteiger partial charge in [0, 0.05) is 6.54 Å². The Bertz CT molecular complexity index is 72.5. The summed E-state index contributed by atoms with van der Waals surface area (Å²) in [5.74, 6) is 0. The minimum Gasteiger partial charge on any atom is -0.299 e. The van der Waals surface area contributed by atoms with Crippen LogP contribution in [0.1, 0.15) is 12.8 Å². The molecule has 0 amide bonds. The van der Waals surface area contributed by atoms with Gasteiger partial charge in [0.2, 0.25) is 0 Å². The molecule has 45 valence electrons. The molecule has 0 saturated carbocycles. The molecule has 0 aromatic heterocycles. The first kappa shape index (κ1) is 5.83. The normalized spacial score (nSPS) is 21.5. The van der Waals surface area contributed by atoms with Crippen molar-refractivity contribution in [1.82, 2.24) is 4.90 Å². The molecule has 1 radical (unpaired) electrons. The van der Waals surface area contributed by atoms with Crippen LogP contribution in [-0.2, 0) is 0 Å². The Morgan fingerprint density at radius 2 is 2.00 bits per heavy atom. The maximum atomic E-state index is 3.56. The first-order chi connectivity index (χ1) is 3.93. The summed E-state index contributed by atoms with van der Waals surface area (Å²) in [5, 5.41) is 0. The van der Waals surface area contributed by atoms with E-state index in [0.717, 1.165) is 6.54 Å². The first-order valence-corrected chi connectivity index (χ1v) is 3.16. The molecule has 1 nitrogen and oxygen atoms in total. The molecule has 1 fully saturated rings. The molecular weight excluding hydrogens is 98.1 g/mol. The Balaban J connectivity index is 2.14. The standard InChI is InChI=1S/C7H12N/c1-2-5-8-6-3-4-7-8/h1,3-7H2. The van der Waals surface area contributed by atoms with Crippen molar-refractivity contribution < 1.29 is 0 Å². The largest absolute Gasteiger partial charge is 0.299 e. The fraction of sp³-hybridized carbons (Fsp3) is 0.714. The highest BCUT2D eigenvalue weighted by molar-refractivity contribution is 4.70. The molecule has 0 bridgehead atoms. The third kappa shape index (κ3) is 1.34. The van der Waals surface area contributed by atoms with Gasteiger partial charge >= 0.3 is 0 Å². The summed E-state index contributed by atoms with van der Waals surface area (Å²) in [6, 6.07) is 0. The Kier molecular flexibility index (Phi) is 2.10. The molecule has 0 unspecified atom stereocenters. The van der Waals surface area contributed by atoms with Gasteiger partial charge in [-0.05, 0) is 32.0 Å². The van der Waals surface area contributed by atoms with Crippen LogP contribution >= 0.6 is 0 Å². The van der Waals surface area contributed by atoms with Crippen molar-refractivity contribution >= 4 is 0 Å². The smallest absolute Gasteiger partial charge is 0.0230 e. The number of hydrogen-bond donors (Lipinski definition) is 0. The molecule has 0 N–H and O–H groups in total. The fourth-order valence-electron chi connectivity index (χ4n) is 1.10. The topological polar surface area (TPSA) is 3.24 Å². The monoisotopic (exact) mass is 110 g/mol. The van der Waals surface area contributed by atoms with E-state index in [2.05, 4.69) is 17.6 Å². The van der Waals surface area contributed by atoms with Crippen LogP contribution in [0.3, 0.4) is 0 Å². The van der Waals surface area contributed by atoms with Gasteiger partial charge in [-0.3, -0.25) is 4.90 Å². The third-order valence-electron chi connectivity index (χ3n) is 1.53. The fourth-order valence-corrected chi connectivity index (χ4v) is 1.10. The van der Waals surface area contributed by atoms with Crippen LogP contribution in [0, 0.1) is 6.08 Å². The summed E-state index contributed by atoms with van der Waals surface area (Å²) in [6.07, 6.45) is 5.61. The molecule has 1 saturated heterocycles. The highest BCUT2D eigenvalue weighted by atomic mass is 15.1. The number of likely N-dealkylation sites (tertiary alicyclic amines) is 1. The van der Waals surface area contributed by atoms with Crippen molar-refractivity contribution in [3.63, 3.8) is 0 Å². The second-order valence-electron chi connectivity index (χ2n) is 2.23. The molecular formula is C7H12N. The van der Waals surface area contributed by atoms with Crippen LogP contribution in [-0.4, -0.2) is 24.5 Å². The maximum absolute atomic E-state index is 3.56. The minimum atomic E-state index is 0.958. The highest BCUT2D eigenvalue weighted by Gasteiger charge is 2.07. The van der Waals surface area contributed by atoms with E-state index >= 15 is 0 Å². The Morgan fingerprint density at radius 1 is 1.38 bits per heavy atom. The van der Waals surface area contributed by atoms with Gasteiger partial charge in [-0.25, -0.2) is 0 Å². The zero-order chi connectivity index (χ0) is 5.82. The molecule has 0 aromatic carbocycles. The highest BCUT2D eigenvalue weighted by Crippen LogP contribution is 2.05. The van der Waals surface area contributed by atoms with Crippen LogP contribution in [0.2, 0.25) is 0 Å². The van der Waals surface area contributed by atoms with Gasteiger partial charge in [0.1, 0.15) is 0 Å². The zero-order valence-corrected chi connectivity index (χ0v) is 5.19. The van der Waals surface area contributed by atoms with E-state index < -0.39 is 0 Å². The molecule has 1 aliphatic rings. The van der Waals surface area contributed by atoms with Gasteiger partial charge in [-0.2, -0.15) is 0 Å². The van der Waals surface area contributed by atoms with Gasteiger partial charge in [0.15, 0.2) is 0 Å². The molecule has 1 aliphatic heterocycles. The summed E-state index contributed by atoms with van der Waals surface area (Å²) < 4.78 is 0. The summed E-state index contributed by atoms with van der Waals surface area (Å²) >= 11 is 0. The minimum absolute atomic E-state index is 0.958. The maximum Gasteiger partial charge on any atom is 0.0230 e. The molecule has 1 heteroatoms. The molecule has 8 heavy (non-hydrogen) atoms. The molecule has 1 rings (SSSR count). The van der Waals surface area contributed by atoms with Crippen molar-refractivity contribution in [2.24, 2.45) is 0 Å². The lowest BCUT2D eigenvalue weighted by atomic mass is 10.4. The van der Waals surface area contributed by atoms with Gasteiger partial charge in [-0.15, -0.1) is 0 Å². The van der Waals surface area contributed by atoms with E-state index in [-0.39, 0.29) is 0 Å². The van der Waals surface area contributed by atoms with Gasteiger partial charge in [0.05, 0.1) is 0 Å². The lowest BCUT2D eigenvalue weighted by molar-refractivity contribution is 0.373. The van der Waals surface area contributed by atoms with E-state index in [1.165, 1.54) is 25.9 Å². The molecule has 0 aliphatic carbocycles. The van der Waals surface area contributed by atoms with Crippen LogP contribution in [0.4, 0.5) is 0 Å². The summed E-state index contributed by atoms with van der Waals surface area (Å²) in [4.78, 5) is 2.37. The predicted molar refractivity (Wildman–Crippen MR) is 34.5 cm³/mol. The number of nitrogens with zero attached hydrogens (tertiary/aromatic N) is 1. The first-order valence-electron chi connectivity index (χ1n) is 3.16. The van der Waals surface area contributed by atoms with Gasteiger partial charge in [0.25, 0.3) is 0 Å². The summed E-state index contributed by atoms with van der Waals surface area (Å²) in [5.41, 5.74) is 0. The quantitative estimate of drug-likeness (QED) is 0.514. The van der Waals surface area contributed by atoms with Crippen molar-refractivity contribution in [2.75, 3.05) is 19.6 Å². The summed E-state index contributed by atoms with van der Waals surface area (Å²) in [7, 11) is 0. The second-order valence-corrected chi connectivity index (χ2v) is 2.23. The van der Waals surface area contributed by atoms with Crippen LogP contribution in [0.15, 0.2) is 6.58 Å².